The Labute approximate surface area is 106 Å². The second-order valence-corrected chi connectivity index (χ2v) is 5.72. The van der Waals surface area contributed by atoms with Crippen molar-refractivity contribution in [3.8, 4) is 0 Å². The van der Waals surface area contributed by atoms with Crippen LogP contribution >= 0.6 is 0 Å². The smallest absolute Gasteiger partial charge is 0.144 e. The maximum Gasteiger partial charge on any atom is 0.144 e. The molecular weight excluding hydrogens is 236 g/mol. The van der Waals surface area contributed by atoms with Gasteiger partial charge in [-0.1, -0.05) is 13.8 Å². The monoisotopic (exact) mass is 253 g/mol. The molecule has 0 aromatic rings. The summed E-state index contributed by atoms with van der Waals surface area (Å²) in [6.07, 6.45) is -0.182. The average Bonchev–Trinajstić information content (AvgIpc) is 2.11. The standard InChI is InChI=1S/C13H18O5/c1-7(14)8(4-11(17)18)12-9(15)5-13(2,3)6-10(12)16/h8,12H,4-6H2,1-3H3,(H,17,18)/p-1. The molecule has 100 valence electrons. The molecule has 5 nitrogen and oxygen atoms in total. The van der Waals surface area contributed by atoms with Crippen LogP contribution in [-0.2, 0) is 19.2 Å². The third kappa shape index (κ3) is 3.24. The summed E-state index contributed by atoms with van der Waals surface area (Å²) < 4.78 is 0. The normalized spacial score (nSPS) is 21.7. The minimum Gasteiger partial charge on any atom is -0.550 e. The molecule has 0 N–H and O–H groups in total. The molecule has 1 rings (SSSR count). The number of rotatable bonds is 4. The van der Waals surface area contributed by atoms with Crippen LogP contribution in [0.5, 0.6) is 0 Å². The molecular formula is C13H17O5-. The molecule has 1 unspecified atom stereocenters. The van der Waals surface area contributed by atoms with Gasteiger partial charge in [0.15, 0.2) is 0 Å². The van der Waals surface area contributed by atoms with E-state index in [4.69, 9.17) is 0 Å². The fourth-order valence-corrected chi connectivity index (χ4v) is 2.53. The molecule has 0 amide bonds. The average molecular weight is 253 g/mol. The van der Waals surface area contributed by atoms with Crippen LogP contribution in [0.25, 0.3) is 0 Å². The molecule has 1 saturated carbocycles. The van der Waals surface area contributed by atoms with E-state index in [9.17, 15) is 24.3 Å². The lowest BCUT2D eigenvalue weighted by atomic mass is 9.66. The zero-order chi connectivity index (χ0) is 14.1. The largest absolute Gasteiger partial charge is 0.550 e. The quantitative estimate of drug-likeness (QED) is 0.653. The van der Waals surface area contributed by atoms with Crippen LogP contribution in [0.1, 0.15) is 40.0 Å². The molecule has 0 aromatic heterocycles. The maximum absolute atomic E-state index is 12.0. The summed E-state index contributed by atoms with van der Waals surface area (Å²) in [5.74, 6) is -4.72. The Morgan fingerprint density at radius 3 is 2.06 bits per heavy atom. The molecule has 1 fully saturated rings. The topological polar surface area (TPSA) is 91.3 Å². The predicted molar refractivity (Wildman–Crippen MR) is 60.3 cm³/mol. The number of carboxylic acid groups (broad SMARTS) is 1. The zero-order valence-corrected chi connectivity index (χ0v) is 10.8. The minimum atomic E-state index is -1.42. The summed E-state index contributed by atoms with van der Waals surface area (Å²) in [7, 11) is 0. The number of ketones is 3. The number of hydrogen-bond acceptors (Lipinski definition) is 5. The first-order valence-corrected chi connectivity index (χ1v) is 5.90. The van der Waals surface area contributed by atoms with E-state index < -0.39 is 35.4 Å². The van der Waals surface area contributed by atoms with Crippen LogP contribution < -0.4 is 5.11 Å². The first-order chi connectivity index (χ1) is 8.14. The molecule has 0 heterocycles. The number of Topliss-reactive ketones (excluding diaryl/α,β-unsaturated/α-hetero) is 3. The van der Waals surface area contributed by atoms with Crippen molar-refractivity contribution in [1.29, 1.82) is 0 Å². The van der Waals surface area contributed by atoms with Gasteiger partial charge in [-0.05, 0) is 18.8 Å². The number of carbonyl (C=O) groups excluding carboxylic acids is 4. The van der Waals surface area contributed by atoms with E-state index in [0.717, 1.165) is 0 Å². The summed E-state index contributed by atoms with van der Waals surface area (Å²) in [5, 5.41) is 10.6. The highest BCUT2D eigenvalue weighted by molar-refractivity contribution is 6.08. The maximum atomic E-state index is 12.0. The van der Waals surface area contributed by atoms with Gasteiger partial charge in [0.05, 0.1) is 5.92 Å². The van der Waals surface area contributed by atoms with E-state index in [1.165, 1.54) is 6.92 Å². The lowest BCUT2D eigenvalue weighted by molar-refractivity contribution is -0.306. The second-order valence-electron chi connectivity index (χ2n) is 5.72. The number of aliphatic carboxylic acids is 1. The highest BCUT2D eigenvalue weighted by atomic mass is 16.4. The lowest BCUT2D eigenvalue weighted by Crippen LogP contribution is -2.45. The molecule has 0 aliphatic heterocycles. The first-order valence-electron chi connectivity index (χ1n) is 5.90. The first kappa shape index (κ1) is 14.5. The minimum absolute atomic E-state index is 0.195. The van der Waals surface area contributed by atoms with Crippen molar-refractivity contribution < 1.29 is 24.3 Å². The molecule has 0 radical (unpaired) electrons. The number of carboxylic acids is 1. The zero-order valence-electron chi connectivity index (χ0n) is 10.8. The van der Waals surface area contributed by atoms with Crippen LogP contribution in [0.3, 0.4) is 0 Å². The van der Waals surface area contributed by atoms with Gasteiger partial charge in [-0.2, -0.15) is 0 Å². The molecule has 5 heteroatoms. The van der Waals surface area contributed by atoms with E-state index in [2.05, 4.69) is 0 Å². The Kier molecular flexibility index (Phi) is 4.04. The van der Waals surface area contributed by atoms with E-state index in [-0.39, 0.29) is 24.4 Å². The van der Waals surface area contributed by atoms with Crippen molar-refractivity contribution in [2.24, 2.45) is 17.3 Å². The summed E-state index contributed by atoms with van der Waals surface area (Å²) in [4.78, 5) is 46.0. The number of hydrogen-bond donors (Lipinski definition) is 0. The fraction of sp³-hybridized carbons (Fsp3) is 0.692. The van der Waals surface area contributed by atoms with Crippen LogP contribution in [0, 0.1) is 17.3 Å². The van der Waals surface area contributed by atoms with Gasteiger partial charge < -0.3 is 9.90 Å². The summed E-state index contributed by atoms with van der Waals surface area (Å²) in [6.45, 7) is 4.81. The highest BCUT2D eigenvalue weighted by Crippen LogP contribution is 2.37. The van der Waals surface area contributed by atoms with Crippen molar-refractivity contribution in [1.82, 2.24) is 0 Å². The van der Waals surface area contributed by atoms with Gasteiger partial charge in [-0.25, -0.2) is 0 Å². The van der Waals surface area contributed by atoms with Gasteiger partial charge in [0.25, 0.3) is 0 Å². The van der Waals surface area contributed by atoms with Crippen molar-refractivity contribution >= 4 is 23.3 Å². The van der Waals surface area contributed by atoms with E-state index in [1.807, 2.05) is 0 Å². The van der Waals surface area contributed by atoms with E-state index in [0.29, 0.717) is 0 Å². The Bertz CT molecular complexity index is 388. The second kappa shape index (κ2) is 5.00. The predicted octanol–water partition coefficient (Wildman–Crippen LogP) is -0.0940. The number of carbonyl (C=O) groups is 4. The molecule has 0 bridgehead atoms. The fourth-order valence-electron chi connectivity index (χ4n) is 2.53. The highest BCUT2D eigenvalue weighted by Gasteiger charge is 2.44. The van der Waals surface area contributed by atoms with Gasteiger partial charge in [-0.15, -0.1) is 0 Å². The van der Waals surface area contributed by atoms with E-state index >= 15 is 0 Å². The third-order valence-electron chi connectivity index (χ3n) is 3.31. The Morgan fingerprint density at radius 2 is 1.72 bits per heavy atom. The van der Waals surface area contributed by atoms with Crippen LogP contribution in [0.15, 0.2) is 0 Å². The Hall–Kier alpha value is -1.52. The third-order valence-corrected chi connectivity index (χ3v) is 3.31. The molecule has 1 atom stereocenters. The summed E-state index contributed by atoms with van der Waals surface area (Å²) in [6, 6.07) is 0. The van der Waals surface area contributed by atoms with Crippen molar-refractivity contribution in [3.63, 3.8) is 0 Å². The van der Waals surface area contributed by atoms with Crippen LogP contribution in [0.4, 0.5) is 0 Å². The molecule has 1 aliphatic carbocycles. The van der Waals surface area contributed by atoms with Gasteiger partial charge in [0.1, 0.15) is 17.3 Å². The molecule has 0 saturated heterocycles. The van der Waals surface area contributed by atoms with Gasteiger partial charge in [0, 0.05) is 24.7 Å². The van der Waals surface area contributed by atoms with Crippen LogP contribution in [0.2, 0.25) is 0 Å². The Balaban J connectivity index is 2.98. The molecule has 0 spiro atoms. The molecule has 1 aliphatic rings. The van der Waals surface area contributed by atoms with Gasteiger partial charge in [-0.3, -0.25) is 14.4 Å². The van der Waals surface area contributed by atoms with Crippen LogP contribution in [-0.4, -0.2) is 23.3 Å². The lowest BCUT2D eigenvalue weighted by Gasteiger charge is -2.35. The SMILES string of the molecule is CC(=O)C(CC(=O)[O-])C1C(=O)CC(C)(C)CC1=O. The van der Waals surface area contributed by atoms with E-state index in [1.54, 1.807) is 13.8 Å². The summed E-state index contributed by atoms with van der Waals surface area (Å²) in [5.41, 5.74) is -0.409. The van der Waals surface area contributed by atoms with Crippen molar-refractivity contribution in [2.45, 2.75) is 40.0 Å². The van der Waals surface area contributed by atoms with Gasteiger partial charge >= 0.3 is 0 Å². The molecule has 18 heavy (non-hydrogen) atoms. The Morgan fingerprint density at radius 1 is 1.28 bits per heavy atom. The molecule has 0 aromatic carbocycles. The summed E-state index contributed by atoms with van der Waals surface area (Å²) >= 11 is 0. The van der Waals surface area contributed by atoms with Crippen molar-refractivity contribution in [3.05, 3.63) is 0 Å². The van der Waals surface area contributed by atoms with Gasteiger partial charge in [0.2, 0.25) is 0 Å². The van der Waals surface area contributed by atoms with Crippen molar-refractivity contribution in [2.75, 3.05) is 0 Å².